The Kier molecular flexibility index (Phi) is 66.8. The lowest BCUT2D eigenvalue weighted by molar-refractivity contribution is -0.161. The van der Waals surface area contributed by atoms with Crippen LogP contribution in [0.4, 0.5) is 0 Å². The number of ether oxygens (including phenoxy) is 4. The van der Waals surface area contributed by atoms with E-state index in [9.17, 15) is 43.2 Å². The molecule has 0 saturated carbocycles. The summed E-state index contributed by atoms with van der Waals surface area (Å²) in [4.78, 5) is 72.7. The molecule has 0 aliphatic carbocycles. The van der Waals surface area contributed by atoms with Crippen molar-refractivity contribution in [3.63, 3.8) is 0 Å². The van der Waals surface area contributed by atoms with E-state index in [0.29, 0.717) is 25.7 Å². The summed E-state index contributed by atoms with van der Waals surface area (Å²) in [5.74, 6) is -1.35. The third-order valence-corrected chi connectivity index (χ3v) is 19.4. The minimum Gasteiger partial charge on any atom is -0.462 e. The van der Waals surface area contributed by atoms with E-state index in [4.69, 9.17) is 37.0 Å². The quantitative estimate of drug-likeness (QED) is 0.0222. The lowest BCUT2D eigenvalue weighted by Gasteiger charge is -2.21. The van der Waals surface area contributed by atoms with Gasteiger partial charge >= 0.3 is 39.5 Å². The van der Waals surface area contributed by atoms with Crippen LogP contribution in [0, 0.1) is 5.92 Å². The van der Waals surface area contributed by atoms with Crippen molar-refractivity contribution in [2.75, 3.05) is 39.6 Å². The van der Waals surface area contributed by atoms with E-state index in [1.165, 1.54) is 212 Å². The second kappa shape index (κ2) is 68.2. The lowest BCUT2D eigenvalue weighted by atomic mass is 10.0. The van der Waals surface area contributed by atoms with E-state index < -0.39 is 97.5 Å². The van der Waals surface area contributed by atoms with Crippen LogP contribution in [-0.4, -0.2) is 96.7 Å². The van der Waals surface area contributed by atoms with E-state index >= 15 is 0 Å². The second-order valence-electron chi connectivity index (χ2n) is 27.5. The number of unbranched alkanes of at least 4 members (excludes halogenated alkanes) is 47. The average Bonchev–Trinajstić information content (AvgIpc) is 2.31. The Morgan fingerprint density at radius 1 is 0.287 bits per heavy atom. The molecule has 5 atom stereocenters. The molecule has 0 aliphatic rings. The molecule has 94 heavy (non-hydrogen) atoms. The predicted molar refractivity (Wildman–Crippen MR) is 382 cm³/mol. The van der Waals surface area contributed by atoms with Crippen molar-refractivity contribution >= 4 is 39.5 Å². The van der Waals surface area contributed by atoms with Gasteiger partial charge in [0, 0.05) is 25.7 Å². The van der Waals surface area contributed by atoms with Gasteiger partial charge in [0.25, 0.3) is 0 Å². The van der Waals surface area contributed by atoms with Crippen LogP contribution in [-0.2, 0) is 65.4 Å². The minimum atomic E-state index is -4.96. The Balaban J connectivity index is 5.20. The van der Waals surface area contributed by atoms with Crippen LogP contribution in [0.5, 0.6) is 0 Å². The zero-order valence-corrected chi connectivity index (χ0v) is 62.9. The van der Waals surface area contributed by atoms with Crippen molar-refractivity contribution in [3.8, 4) is 0 Å². The van der Waals surface area contributed by atoms with Crippen LogP contribution in [0.3, 0.4) is 0 Å². The summed E-state index contributed by atoms with van der Waals surface area (Å²) in [6.07, 6.45) is 56.9. The monoisotopic (exact) mass is 1380 g/mol. The lowest BCUT2D eigenvalue weighted by Crippen LogP contribution is -2.30. The summed E-state index contributed by atoms with van der Waals surface area (Å²) in [5.41, 5.74) is 0. The molecule has 0 amide bonds. The zero-order valence-electron chi connectivity index (χ0n) is 61.1. The minimum absolute atomic E-state index is 0.108. The molecular formula is C75H146O17P2. The van der Waals surface area contributed by atoms with Crippen LogP contribution in [0.15, 0.2) is 0 Å². The maximum Gasteiger partial charge on any atom is 0.472 e. The molecule has 0 saturated heterocycles. The molecule has 0 aromatic carbocycles. The highest BCUT2D eigenvalue weighted by Crippen LogP contribution is 2.45. The molecule has 0 radical (unpaired) electrons. The molecule has 0 spiro atoms. The van der Waals surface area contributed by atoms with Crippen LogP contribution in [0.25, 0.3) is 0 Å². The van der Waals surface area contributed by atoms with Gasteiger partial charge in [-0.25, -0.2) is 9.13 Å². The van der Waals surface area contributed by atoms with Crippen molar-refractivity contribution in [2.45, 2.75) is 412 Å². The molecule has 17 nitrogen and oxygen atoms in total. The van der Waals surface area contributed by atoms with Gasteiger partial charge in [0.15, 0.2) is 12.2 Å². The van der Waals surface area contributed by atoms with E-state index in [0.717, 1.165) is 102 Å². The third kappa shape index (κ3) is 68.6. The number of carbonyl (C=O) groups excluding carboxylic acids is 4. The summed E-state index contributed by atoms with van der Waals surface area (Å²) in [6.45, 7) is 7.27. The van der Waals surface area contributed by atoms with Crippen LogP contribution in [0.1, 0.15) is 394 Å². The molecule has 0 fully saturated rings. The maximum atomic E-state index is 13.1. The number of rotatable bonds is 75. The second-order valence-corrected chi connectivity index (χ2v) is 30.4. The van der Waals surface area contributed by atoms with E-state index in [1.54, 1.807) is 0 Å². The van der Waals surface area contributed by atoms with Crippen molar-refractivity contribution < 1.29 is 80.2 Å². The molecule has 0 aromatic rings. The summed E-state index contributed by atoms with van der Waals surface area (Å²) in [6, 6.07) is 0. The molecule has 0 aromatic heterocycles. The summed E-state index contributed by atoms with van der Waals surface area (Å²) < 4.78 is 68.4. The number of esters is 4. The van der Waals surface area contributed by atoms with Gasteiger partial charge in [-0.1, -0.05) is 343 Å². The third-order valence-electron chi connectivity index (χ3n) is 17.5. The topological polar surface area (TPSA) is 237 Å². The first-order chi connectivity index (χ1) is 45.5. The van der Waals surface area contributed by atoms with Gasteiger partial charge in [0.1, 0.15) is 19.3 Å². The van der Waals surface area contributed by atoms with Crippen LogP contribution < -0.4 is 0 Å². The summed E-state index contributed by atoms with van der Waals surface area (Å²) in [7, 11) is -9.90. The Morgan fingerprint density at radius 3 is 0.723 bits per heavy atom. The van der Waals surface area contributed by atoms with Gasteiger partial charge in [0.05, 0.1) is 26.4 Å². The molecule has 0 rings (SSSR count). The van der Waals surface area contributed by atoms with Crippen molar-refractivity contribution in [1.29, 1.82) is 0 Å². The SMILES string of the molecule is CCCCCCCCCCCCCCCCCCCCCC(=O)O[C@H](COC(=O)CCCCCCCCCCCCCC(C)C)COP(=O)(O)OC[C@@H](O)COP(=O)(O)OC[C@@H](COC(=O)CCCCCCCCCC)OC(=O)CCCCCCCCCCCCCCC. The first-order valence-electron chi connectivity index (χ1n) is 39.1. The fraction of sp³-hybridized carbons (Fsp3) is 0.947. The highest BCUT2D eigenvalue weighted by molar-refractivity contribution is 7.47. The van der Waals surface area contributed by atoms with Gasteiger partial charge in [-0.05, 0) is 31.6 Å². The van der Waals surface area contributed by atoms with Gasteiger partial charge < -0.3 is 33.8 Å². The predicted octanol–water partition coefficient (Wildman–Crippen LogP) is 22.1. The zero-order chi connectivity index (χ0) is 69.1. The Morgan fingerprint density at radius 2 is 0.489 bits per heavy atom. The van der Waals surface area contributed by atoms with E-state index in [2.05, 4.69) is 34.6 Å². The van der Waals surface area contributed by atoms with Crippen molar-refractivity contribution in [1.82, 2.24) is 0 Å². The molecule has 0 heterocycles. The average molecular weight is 1380 g/mol. The molecule has 3 N–H and O–H groups in total. The van der Waals surface area contributed by atoms with Gasteiger partial charge in [-0.15, -0.1) is 0 Å². The number of carbonyl (C=O) groups is 4. The van der Waals surface area contributed by atoms with Crippen LogP contribution >= 0.6 is 15.6 Å². The highest BCUT2D eigenvalue weighted by atomic mass is 31.2. The summed E-state index contributed by atoms with van der Waals surface area (Å²) in [5, 5.41) is 10.6. The molecule has 558 valence electrons. The standard InChI is InChI=1S/C75H146O17P2/c1-6-9-12-15-18-21-23-25-26-27-28-29-30-32-36-41-46-51-56-61-75(80)92-71(65-86-73(78)59-54-49-44-39-37-33-34-38-42-47-52-57-68(4)5)67-90-94(83,84)88-63-69(76)62-87-93(81,82)89-66-70(64-85-72(77)58-53-48-43-20-17-14-11-8-3)91-74(79)60-55-50-45-40-35-31-24-22-19-16-13-10-7-2/h68-71,76H,6-67H2,1-5H3,(H,81,82)(H,83,84)/t69-,70+,71+/m0/s1. The molecule has 2 unspecified atom stereocenters. The number of aliphatic hydroxyl groups is 1. The summed E-state index contributed by atoms with van der Waals surface area (Å²) >= 11 is 0. The van der Waals surface area contributed by atoms with Crippen molar-refractivity contribution in [3.05, 3.63) is 0 Å². The van der Waals surface area contributed by atoms with Gasteiger partial charge in [0.2, 0.25) is 0 Å². The number of phosphoric acid groups is 2. The largest absolute Gasteiger partial charge is 0.472 e. The highest BCUT2D eigenvalue weighted by Gasteiger charge is 2.30. The fourth-order valence-corrected chi connectivity index (χ4v) is 13.1. The Labute approximate surface area is 575 Å². The number of hydrogen-bond donors (Lipinski definition) is 3. The van der Waals surface area contributed by atoms with Crippen LogP contribution in [0.2, 0.25) is 0 Å². The number of aliphatic hydroxyl groups excluding tert-OH is 1. The Hall–Kier alpha value is -1.94. The molecule has 0 aliphatic heterocycles. The maximum absolute atomic E-state index is 13.1. The first-order valence-corrected chi connectivity index (χ1v) is 42.1. The first kappa shape index (κ1) is 92.1. The smallest absolute Gasteiger partial charge is 0.462 e. The fourth-order valence-electron chi connectivity index (χ4n) is 11.5. The van der Waals surface area contributed by atoms with E-state index in [1.807, 2.05) is 0 Å². The number of hydrogen-bond acceptors (Lipinski definition) is 15. The van der Waals surface area contributed by atoms with E-state index in [-0.39, 0.29) is 25.7 Å². The molecular weight excluding hydrogens is 1230 g/mol. The van der Waals surface area contributed by atoms with Crippen molar-refractivity contribution in [2.24, 2.45) is 5.92 Å². The molecule has 19 heteroatoms. The van der Waals surface area contributed by atoms with Gasteiger partial charge in [-0.3, -0.25) is 37.3 Å². The normalized spacial score (nSPS) is 14.0. The molecule has 0 bridgehead atoms. The Bertz CT molecular complexity index is 1810. The van der Waals surface area contributed by atoms with Gasteiger partial charge in [-0.2, -0.15) is 0 Å². The number of phosphoric ester groups is 2.